The number of fused-ring (bicyclic) bond motifs is 1. The van der Waals surface area contributed by atoms with E-state index in [9.17, 15) is 8.78 Å². The van der Waals surface area contributed by atoms with Crippen molar-refractivity contribution in [1.82, 2.24) is 4.98 Å². The molecule has 0 amide bonds. The summed E-state index contributed by atoms with van der Waals surface area (Å²) < 4.78 is 31.9. The summed E-state index contributed by atoms with van der Waals surface area (Å²) in [6.07, 6.45) is 0. The predicted molar refractivity (Wildman–Crippen MR) is 65.1 cm³/mol. The van der Waals surface area contributed by atoms with Gasteiger partial charge in [-0.05, 0) is 22.0 Å². The average molecular weight is 323 g/mol. The Morgan fingerprint density at radius 1 is 1.35 bits per heavy atom. The van der Waals surface area contributed by atoms with Gasteiger partial charge in [-0.25, -0.2) is 13.8 Å². The number of rotatable bonds is 2. The average Bonchev–Trinajstić information content (AvgIpc) is 2.26. The van der Waals surface area contributed by atoms with Gasteiger partial charge in [-0.3, -0.25) is 0 Å². The molecular weight excluding hydrogens is 315 g/mol. The Balaban J connectivity index is 2.81. The number of hydrogen-bond acceptors (Lipinski definition) is 2. The van der Waals surface area contributed by atoms with Crippen molar-refractivity contribution < 1.29 is 13.5 Å². The van der Waals surface area contributed by atoms with E-state index >= 15 is 0 Å². The molecule has 1 aromatic heterocycles. The molecule has 0 bridgehead atoms. The minimum atomic E-state index is -0.749. The summed E-state index contributed by atoms with van der Waals surface area (Å²) in [7, 11) is 1.50. The van der Waals surface area contributed by atoms with E-state index in [4.69, 9.17) is 16.3 Å². The van der Waals surface area contributed by atoms with E-state index in [1.54, 1.807) is 0 Å². The molecule has 0 unspecified atom stereocenters. The second-order valence-corrected chi connectivity index (χ2v) is 4.61. The van der Waals surface area contributed by atoms with Gasteiger partial charge in [0.1, 0.15) is 11.3 Å². The SMILES string of the molecule is COCc1cc(Cl)c2c(Br)c(F)cc(F)c2n1. The van der Waals surface area contributed by atoms with Gasteiger partial charge in [0.2, 0.25) is 0 Å². The minimum absolute atomic E-state index is 0.0258. The van der Waals surface area contributed by atoms with E-state index in [0.29, 0.717) is 5.69 Å². The van der Waals surface area contributed by atoms with Crippen LogP contribution in [0.2, 0.25) is 5.02 Å². The van der Waals surface area contributed by atoms with E-state index in [0.717, 1.165) is 6.07 Å². The fraction of sp³-hybridized carbons (Fsp3) is 0.182. The highest BCUT2D eigenvalue weighted by Crippen LogP contribution is 2.33. The van der Waals surface area contributed by atoms with Gasteiger partial charge in [0.15, 0.2) is 5.82 Å². The highest BCUT2D eigenvalue weighted by molar-refractivity contribution is 9.10. The number of benzene rings is 1. The molecule has 0 N–H and O–H groups in total. The molecule has 0 aliphatic rings. The molecule has 1 heterocycles. The zero-order valence-corrected chi connectivity index (χ0v) is 11.1. The van der Waals surface area contributed by atoms with Gasteiger partial charge in [0, 0.05) is 18.6 Å². The van der Waals surface area contributed by atoms with Crippen molar-refractivity contribution in [2.75, 3.05) is 7.11 Å². The summed E-state index contributed by atoms with van der Waals surface area (Å²) in [5, 5.41) is 0.455. The summed E-state index contributed by atoms with van der Waals surface area (Å²) >= 11 is 9.02. The van der Waals surface area contributed by atoms with Gasteiger partial charge >= 0.3 is 0 Å². The smallest absolute Gasteiger partial charge is 0.152 e. The molecule has 0 atom stereocenters. The van der Waals surface area contributed by atoms with Gasteiger partial charge in [-0.1, -0.05) is 11.6 Å². The first kappa shape index (κ1) is 12.7. The maximum Gasteiger partial charge on any atom is 0.152 e. The van der Waals surface area contributed by atoms with Crippen molar-refractivity contribution in [2.24, 2.45) is 0 Å². The molecule has 90 valence electrons. The molecule has 1 aromatic carbocycles. The van der Waals surface area contributed by atoms with E-state index in [1.165, 1.54) is 13.2 Å². The number of ether oxygens (including phenoxy) is 1. The fourth-order valence-electron chi connectivity index (χ4n) is 1.53. The van der Waals surface area contributed by atoms with Crippen LogP contribution >= 0.6 is 27.5 Å². The summed E-state index contributed by atoms with van der Waals surface area (Å²) in [4.78, 5) is 4.05. The van der Waals surface area contributed by atoms with Gasteiger partial charge in [0.25, 0.3) is 0 Å². The Morgan fingerprint density at radius 2 is 2.06 bits per heavy atom. The number of halogens is 4. The number of hydrogen-bond donors (Lipinski definition) is 0. The molecular formula is C11H7BrClF2NO. The summed E-state index contributed by atoms with van der Waals surface area (Å²) in [5.74, 6) is -1.46. The molecule has 2 rings (SSSR count). The number of pyridine rings is 1. The van der Waals surface area contributed by atoms with Crippen LogP contribution in [0.25, 0.3) is 10.9 Å². The van der Waals surface area contributed by atoms with Crippen molar-refractivity contribution in [3.8, 4) is 0 Å². The van der Waals surface area contributed by atoms with Crippen LogP contribution in [0.3, 0.4) is 0 Å². The van der Waals surface area contributed by atoms with E-state index < -0.39 is 11.6 Å². The molecule has 17 heavy (non-hydrogen) atoms. The molecule has 2 nitrogen and oxygen atoms in total. The molecule has 6 heteroatoms. The Labute approximate surface area is 110 Å². The van der Waals surface area contributed by atoms with Crippen molar-refractivity contribution in [3.05, 3.63) is 39.0 Å². The zero-order valence-electron chi connectivity index (χ0n) is 8.73. The van der Waals surface area contributed by atoms with Crippen LogP contribution < -0.4 is 0 Å². The maximum atomic E-state index is 13.6. The predicted octanol–water partition coefficient (Wildman–Crippen LogP) is 4.08. The lowest BCUT2D eigenvalue weighted by Crippen LogP contribution is -1.97. The number of nitrogens with zero attached hydrogens (tertiary/aromatic N) is 1. The van der Waals surface area contributed by atoms with Crippen LogP contribution in [0.1, 0.15) is 5.69 Å². The topological polar surface area (TPSA) is 22.1 Å². The Bertz CT molecular complexity index is 591. The molecule has 0 fully saturated rings. The van der Waals surface area contributed by atoms with Crippen LogP contribution in [0, 0.1) is 11.6 Å². The highest BCUT2D eigenvalue weighted by atomic mass is 79.9. The van der Waals surface area contributed by atoms with Crippen molar-refractivity contribution >= 4 is 38.4 Å². The van der Waals surface area contributed by atoms with Crippen molar-refractivity contribution in [2.45, 2.75) is 6.61 Å². The monoisotopic (exact) mass is 321 g/mol. The number of aromatic nitrogens is 1. The summed E-state index contributed by atoms with van der Waals surface area (Å²) in [5.41, 5.74) is 0.514. The quantitative estimate of drug-likeness (QED) is 0.777. The van der Waals surface area contributed by atoms with Gasteiger partial charge in [-0.2, -0.15) is 0 Å². The molecule has 0 saturated heterocycles. The standard InChI is InChI=1S/C11H7BrClF2NO/c1-17-4-5-2-6(13)9-10(12)7(14)3-8(15)11(9)16-5/h2-3H,4H2,1H3. The summed E-state index contributed by atoms with van der Waals surface area (Å²) in [6, 6.07) is 2.29. The van der Waals surface area contributed by atoms with Crippen molar-refractivity contribution in [1.29, 1.82) is 0 Å². The first-order valence-electron chi connectivity index (χ1n) is 4.66. The van der Waals surface area contributed by atoms with Crippen LogP contribution in [-0.4, -0.2) is 12.1 Å². The molecule has 0 radical (unpaired) electrons. The molecule has 0 saturated carbocycles. The largest absolute Gasteiger partial charge is 0.378 e. The molecule has 0 aliphatic carbocycles. The Kier molecular flexibility index (Phi) is 3.61. The minimum Gasteiger partial charge on any atom is -0.378 e. The third-order valence-electron chi connectivity index (χ3n) is 2.23. The third-order valence-corrected chi connectivity index (χ3v) is 3.30. The lowest BCUT2D eigenvalue weighted by molar-refractivity contribution is 0.182. The maximum absolute atomic E-state index is 13.6. The van der Waals surface area contributed by atoms with E-state index in [1.807, 2.05) is 0 Å². The highest BCUT2D eigenvalue weighted by Gasteiger charge is 2.15. The fourth-order valence-corrected chi connectivity index (χ4v) is 2.47. The van der Waals surface area contributed by atoms with Crippen molar-refractivity contribution in [3.63, 3.8) is 0 Å². The third kappa shape index (κ3) is 2.27. The normalized spacial score (nSPS) is 11.1. The molecule has 0 spiro atoms. The molecule has 2 aromatic rings. The van der Waals surface area contributed by atoms with Crippen LogP contribution in [-0.2, 0) is 11.3 Å². The van der Waals surface area contributed by atoms with Gasteiger partial charge in [0.05, 0.1) is 21.8 Å². The first-order chi connectivity index (χ1) is 8.04. The lowest BCUT2D eigenvalue weighted by Gasteiger charge is -2.08. The Hall–Kier alpha value is -0.780. The number of methoxy groups -OCH3 is 1. The second-order valence-electron chi connectivity index (χ2n) is 3.41. The first-order valence-corrected chi connectivity index (χ1v) is 5.83. The van der Waals surface area contributed by atoms with Crippen LogP contribution in [0.15, 0.2) is 16.6 Å². The second kappa shape index (κ2) is 4.84. The van der Waals surface area contributed by atoms with Gasteiger partial charge < -0.3 is 4.74 Å². The van der Waals surface area contributed by atoms with E-state index in [2.05, 4.69) is 20.9 Å². The van der Waals surface area contributed by atoms with Crippen LogP contribution in [0.4, 0.5) is 8.78 Å². The van der Waals surface area contributed by atoms with Crippen LogP contribution in [0.5, 0.6) is 0 Å². The zero-order chi connectivity index (χ0) is 12.6. The summed E-state index contributed by atoms with van der Waals surface area (Å²) in [6.45, 7) is 0.212. The van der Waals surface area contributed by atoms with Gasteiger partial charge in [-0.15, -0.1) is 0 Å². The van der Waals surface area contributed by atoms with E-state index in [-0.39, 0.29) is 27.0 Å². The molecule has 0 aliphatic heterocycles. The lowest BCUT2D eigenvalue weighted by atomic mass is 10.2. The Morgan fingerprint density at radius 3 is 2.71 bits per heavy atom.